The third-order valence-electron chi connectivity index (χ3n) is 4.89. The van der Waals surface area contributed by atoms with E-state index in [2.05, 4.69) is 4.90 Å². The maximum atomic E-state index is 6.56. The highest BCUT2D eigenvalue weighted by Gasteiger charge is 2.40. The molecule has 1 aromatic carbocycles. The normalized spacial score (nSPS) is 27.4. The Bertz CT molecular complexity index is 490. The molecule has 2 atom stereocenters. The summed E-state index contributed by atoms with van der Waals surface area (Å²) in [6.07, 6.45) is 6.31. The zero-order chi connectivity index (χ0) is 14.8. The quantitative estimate of drug-likeness (QED) is 0.923. The first-order chi connectivity index (χ1) is 10.3. The molecule has 1 saturated heterocycles. The van der Waals surface area contributed by atoms with Gasteiger partial charge in [0.25, 0.3) is 0 Å². The molecule has 1 heterocycles. The fourth-order valence-corrected chi connectivity index (χ4v) is 3.99. The van der Waals surface area contributed by atoms with E-state index in [9.17, 15) is 0 Å². The molecular formula is C17H25ClN2O. The first-order valence-electron chi connectivity index (χ1n) is 8.04. The second-order valence-corrected chi connectivity index (χ2v) is 6.67. The number of nitrogens with two attached hydrogens (primary N) is 1. The Morgan fingerprint density at radius 3 is 2.76 bits per heavy atom. The summed E-state index contributed by atoms with van der Waals surface area (Å²) >= 11 is 6.56. The van der Waals surface area contributed by atoms with Crippen molar-refractivity contribution in [1.82, 2.24) is 4.90 Å². The van der Waals surface area contributed by atoms with E-state index in [4.69, 9.17) is 22.1 Å². The fraction of sp³-hybridized carbons (Fsp3) is 0.647. The zero-order valence-corrected chi connectivity index (χ0v) is 13.5. The summed E-state index contributed by atoms with van der Waals surface area (Å²) < 4.78 is 5.61. The van der Waals surface area contributed by atoms with Crippen LogP contribution in [0.2, 0.25) is 5.02 Å². The van der Waals surface area contributed by atoms with Gasteiger partial charge in [-0.05, 0) is 56.8 Å². The Hall–Kier alpha value is -0.770. The summed E-state index contributed by atoms with van der Waals surface area (Å²) in [6.45, 7) is 1.86. The molecule has 0 radical (unpaired) electrons. The molecule has 3 rings (SSSR count). The number of methoxy groups -OCH3 is 1. The van der Waals surface area contributed by atoms with Crippen LogP contribution in [-0.2, 0) is 0 Å². The third kappa shape index (κ3) is 3.05. The molecule has 21 heavy (non-hydrogen) atoms. The smallest absolute Gasteiger partial charge is 0.125 e. The van der Waals surface area contributed by atoms with Crippen molar-refractivity contribution >= 4 is 11.6 Å². The van der Waals surface area contributed by atoms with Crippen molar-refractivity contribution in [2.75, 3.05) is 20.2 Å². The largest absolute Gasteiger partial charge is 0.496 e. The second kappa shape index (κ2) is 6.55. The Morgan fingerprint density at radius 1 is 1.29 bits per heavy atom. The van der Waals surface area contributed by atoms with Crippen molar-refractivity contribution in [3.63, 3.8) is 0 Å². The van der Waals surface area contributed by atoms with Crippen LogP contribution in [0.4, 0.5) is 0 Å². The Labute approximate surface area is 132 Å². The molecule has 0 bridgehead atoms. The lowest BCUT2D eigenvalue weighted by atomic mass is 9.88. The number of rotatable bonds is 4. The molecule has 4 heteroatoms. The van der Waals surface area contributed by atoms with Crippen molar-refractivity contribution in [3.05, 3.63) is 28.8 Å². The highest BCUT2D eigenvalue weighted by atomic mass is 35.5. The average Bonchev–Trinajstić information content (AvgIpc) is 3.32. The minimum atomic E-state index is 0.300. The second-order valence-electron chi connectivity index (χ2n) is 6.26. The molecule has 2 N–H and O–H groups in total. The summed E-state index contributed by atoms with van der Waals surface area (Å²) in [4.78, 5) is 2.65. The van der Waals surface area contributed by atoms with Gasteiger partial charge >= 0.3 is 0 Å². The first-order valence-corrected chi connectivity index (χ1v) is 8.42. The molecule has 116 valence electrons. The van der Waals surface area contributed by atoms with E-state index < -0.39 is 0 Å². The lowest BCUT2D eigenvalue weighted by Crippen LogP contribution is -2.37. The Balaban J connectivity index is 2.04. The molecule has 3 nitrogen and oxygen atoms in total. The molecule has 2 fully saturated rings. The van der Waals surface area contributed by atoms with E-state index in [0.29, 0.717) is 24.5 Å². The lowest BCUT2D eigenvalue weighted by molar-refractivity contribution is 0.146. The van der Waals surface area contributed by atoms with Crippen molar-refractivity contribution in [3.8, 4) is 5.75 Å². The molecule has 0 amide bonds. The molecule has 1 saturated carbocycles. The van der Waals surface area contributed by atoms with Crippen LogP contribution in [0.25, 0.3) is 0 Å². The maximum Gasteiger partial charge on any atom is 0.125 e. The van der Waals surface area contributed by atoms with Gasteiger partial charge in [-0.15, -0.1) is 0 Å². The van der Waals surface area contributed by atoms with Crippen LogP contribution in [-0.4, -0.2) is 31.1 Å². The van der Waals surface area contributed by atoms with Crippen LogP contribution in [0, 0.1) is 5.92 Å². The Kier molecular flexibility index (Phi) is 4.72. The summed E-state index contributed by atoms with van der Waals surface area (Å²) in [5.74, 6) is 1.36. The van der Waals surface area contributed by atoms with E-state index in [-0.39, 0.29) is 0 Å². The standard InChI is InChI=1S/C17H25ClN2O/c1-21-15-7-4-6-14(18)16(15)17-12(11-19)5-2-3-10-20(17)13-8-9-13/h4,6-7,12-13,17H,2-3,5,8-11,19H2,1H3. The molecule has 0 spiro atoms. The number of ether oxygens (including phenoxy) is 1. The van der Waals surface area contributed by atoms with Crippen molar-refractivity contribution < 1.29 is 4.74 Å². The zero-order valence-electron chi connectivity index (χ0n) is 12.7. The van der Waals surface area contributed by atoms with Gasteiger partial charge in [0.2, 0.25) is 0 Å². The average molecular weight is 309 g/mol. The predicted octanol–water partition coefficient (Wildman–Crippen LogP) is 3.61. The Morgan fingerprint density at radius 2 is 2.10 bits per heavy atom. The van der Waals surface area contributed by atoms with Gasteiger partial charge < -0.3 is 10.5 Å². The maximum absolute atomic E-state index is 6.56. The molecule has 1 aromatic rings. The van der Waals surface area contributed by atoms with Gasteiger partial charge in [0, 0.05) is 22.7 Å². The summed E-state index contributed by atoms with van der Waals surface area (Å²) in [6, 6.07) is 6.96. The highest BCUT2D eigenvalue weighted by Crippen LogP contribution is 2.46. The van der Waals surface area contributed by atoms with Gasteiger partial charge in [-0.2, -0.15) is 0 Å². The molecule has 2 unspecified atom stereocenters. The summed E-state index contributed by atoms with van der Waals surface area (Å²) in [5.41, 5.74) is 7.26. The number of halogens is 1. The topological polar surface area (TPSA) is 38.5 Å². The lowest BCUT2D eigenvalue weighted by Gasteiger charge is -2.36. The number of nitrogens with zero attached hydrogens (tertiary/aromatic N) is 1. The number of hydrogen-bond acceptors (Lipinski definition) is 3. The number of likely N-dealkylation sites (tertiary alicyclic amines) is 1. The van der Waals surface area contributed by atoms with E-state index >= 15 is 0 Å². The number of hydrogen-bond donors (Lipinski definition) is 1. The van der Waals surface area contributed by atoms with Crippen LogP contribution < -0.4 is 10.5 Å². The van der Waals surface area contributed by atoms with Crippen LogP contribution in [0.1, 0.15) is 43.7 Å². The van der Waals surface area contributed by atoms with E-state index in [1.165, 1.54) is 32.1 Å². The van der Waals surface area contributed by atoms with Gasteiger partial charge in [0.1, 0.15) is 5.75 Å². The van der Waals surface area contributed by atoms with Crippen molar-refractivity contribution in [2.45, 2.75) is 44.2 Å². The first kappa shape index (κ1) is 15.1. The van der Waals surface area contributed by atoms with Gasteiger partial charge in [0.05, 0.1) is 7.11 Å². The van der Waals surface area contributed by atoms with Crippen molar-refractivity contribution in [2.24, 2.45) is 11.7 Å². The third-order valence-corrected chi connectivity index (χ3v) is 5.22. The van der Waals surface area contributed by atoms with Gasteiger partial charge in [-0.25, -0.2) is 0 Å². The van der Waals surface area contributed by atoms with E-state index in [0.717, 1.165) is 22.9 Å². The van der Waals surface area contributed by atoms with Crippen molar-refractivity contribution in [1.29, 1.82) is 0 Å². The molecule has 0 aromatic heterocycles. The van der Waals surface area contributed by atoms with Gasteiger partial charge in [-0.3, -0.25) is 4.90 Å². The minimum Gasteiger partial charge on any atom is -0.496 e. The monoisotopic (exact) mass is 308 g/mol. The summed E-state index contributed by atoms with van der Waals surface area (Å²) in [5, 5.41) is 0.811. The minimum absolute atomic E-state index is 0.300. The van der Waals surface area contributed by atoms with Gasteiger partial charge in [-0.1, -0.05) is 24.1 Å². The van der Waals surface area contributed by atoms with Crippen LogP contribution in [0.15, 0.2) is 18.2 Å². The van der Waals surface area contributed by atoms with Crippen LogP contribution in [0.5, 0.6) is 5.75 Å². The predicted molar refractivity (Wildman–Crippen MR) is 86.9 cm³/mol. The van der Waals surface area contributed by atoms with Crippen LogP contribution >= 0.6 is 11.6 Å². The molecule has 1 aliphatic heterocycles. The fourth-order valence-electron chi connectivity index (χ4n) is 3.72. The van der Waals surface area contributed by atoms with E-state index in [1.807, 2.05) is 18.2 Å². The highest BCUT2D eigenvalue weighted by molar-refractivity contribution is 6.31. The van der Waals surface area contributed by atoms with Gasteiger partial charge in [0.15, 0.2) is 0 Å². The molecular weight excluding hydrogens is 284 g/mol. The molecule has 1 aliphatic carbocycles. The number of benzene rings is 1. The van der Waals surface area contributed by atoms with E-state index in [1.54, 1.807) is 7.11 Å². The summed E-state index contributed by atoms with van der Waals surface area (Å²) in [7, 11) is 1.73. The molecule has 2 aliphatic rings. The van der Waals surface area contributed by atoms with Crippen LogP contribution in [0.3, 0.4) is 0 Å². The SMILES string of the molecule is COc1cccc(Cl)c1C1C(CN)CCCCN1C1CC1.